The molecule has 2 bridgehead atoms. The predicted octanol–water partition coefficient (Wildman–Crippen LogP) is 0.572. The molecule has 3 unspecified atom stereocenters. The van der Waals surface area contributed by atoms with Crippen LogP contribution >= 0.6 is 0 Å². The molecule has 0 radical (unpaired) electrons. The van der Waals surface area contributed by atoms with Gasteiger partial charge in [-0.15, -0.1) is 0 Å². The Kier molecular flexibility index (Phi) is 1.26. The van der Waals surface area contributed by atoms with Crippen LogP contribution in [0.25, 0.3) is 0 Å². The monoisotopic (exact) mass is 170 g/mol. The first-order chi connectivity index (χ1) is 5.58. The number of hydrogen-bond donors (Lipinski definition) is 2. The highest BCUT2D eigenvalue weighted by atomic mass is 16.4. The smallest absolute Gasteiger partial charge is 0.310 e. The minimum Gasteiger partial charge on any atom is -0.481 e. The Balaban J connectivity index is 2.28. The summed E-state index contributed by atoms with van der Waals surface area (Å²) in [7, 11) is 0. The van der Waals surface area contributed by atoms with Gasteiger partial charge in [0.05, 0.1) is 11.3 Å². The van der Waals surface area contributed by atoms with E-state index in [0.29, 0.717) is 12.8 Å². The normalized spacial score (nSPS) is 43.7. The van der Waals surface area contributed by atoms with Crippen molar-refractivity contribution in [2.24, 2.45) is 17.3 Å². The number of aliphatic carboxylic acids is 2. The van der Waals surface area contributed by atoms with Crippen LogP contribution in [0.2, 0.25) is 0 Å². The van der Waals surface area contributed by atoms with E-state index < -0.39 is 23.3 Å². The molecule has 0 aromatic heterocycles. The van der Waals surface area contributed by atoms with Gasteiger partial charge in [0.1, 0.15) is 0 Å². The van der Waals surface area contributed by atoms with Crippen molar-refractivity contribution in [2.45, 2.75) is 19.3 Å². The summed E-state index contributed by atoms with van der Waals surface area (Å²) in [4.78, 5) is 21.5. The van der Waals surface area contributed by atoms with Gasteiger partial charge >= 0.3 is 11.9 Å². The molecule has 3 rings (SSSR count). The van der Waals surface area contributed by atoms with Crippen molar-refractivity contribution in [3.8, 4) is 0 Å². The zero-order chi connectivity index (χ0) is 8.93. The first-order valence-electron chi connectivity index (χ1n) is 4.04. The summed E-state index contributed by atoms with van der Waals surface area (Å²) in [6, 6.07) is 0. The van der Waals surface area contributed by atoms with Crippen molar-refractivity contribution in [1.82, 2.24) is 0 Å². The van der Waals surface area contributed by atoms with E-state index in [9.17, 15) is 9.59 Å². The molecule has 0 spiro atoms. The van der Waals surface area contributed by atoms with Crippen molar-refractivity contribution in [1.29, 1.82) is 0 Å². The fourth-order valence-electron chi connectivity index (χ4n) is 2.74. The van der Waals surface area contributed by atoms with Gasteiger partial charge in [0.2, 0.25) is 0 Å². The first kappa shape index (κ1) is 7.58. The third-order valence-electron chi connectivity index (χ3n) is 3.35. The van der Waals surface area contributed by atoms with Crippen molar-refractivity contribution < 1.29 is 19.8 Å². The van der Waals surface area contributed by atoms with Crippen molar-refractivity contribution in [3.63, 3.8) is 0 Å². The fourth-order valence-corrected chi connectivity index (χ4v) is 2.74. The molecule has 0 aromatic rings. The second-order valence-corrected chi connectivity index (χ2v) is 3.78. The van der Waals surface area contributed by atoms with Gasteiger partial charge in [0.15, 0.2) is 0 Å². The van der Waals surface area contributed by atoms with E-state index in [-0.39, 0.29) is 5.92 Å². The first-order valence-corrected chi connectivity index (χ1v) is 4.04. The molecular weight excluding hydrogens is 160 g/mol. The zero-order valence-electron chi connectivity index (χ0n) is 6.49. The van der Waals surface area contributed by atoms with Gasteiger partial charge in [-0.2, -0.15) is 0 Å². The van der Waals surface area contributed by atoms with Gasteiger partial charge in [-0.05, 0) is 25.2 Å². The second-order valence-electron chi connectivity index (χ2n) is 3.78. The number of carboxylic acids is 2. The molecule has 4 nitrogen and oxygen atoms in total. The molecule has 12 heavy (non-hydrogen) atoms. The summed E-state index contributed by atoms with van der Waals surface area (Å²) in [6.07, 6.45) is 1.88. The van der Waals surface area contributed by atoms with Crippen molar-refractivity contribution >= 4 is 11.9 Å². The minimum absolute atomic E-state index is 0.124. The van der Waals surface area contributed by atoms with E-state index in [4.69, 9.17) is 10.2 Å². The molecule has 3 aliphatic carbocycles. The second kappa shape index (κ2) is 2.00. The highest BCUT2D eigenvalue weighted by Gasteiger charge is 2.66. The average Bonchev–Trinajstić information content (AvgIpc) is 2.38. The van der Waals surface area contributed by atoms with E-state index in [1.165, 1.54) is 0 Å². The summed E-state index contributed by atoms with van der Waals surface area (Å²) < 4.78 is 0. The fraction of sp³-hybridized carbons (Fsp3) is 0.750. The van der Waals surface area contributed by atoms with Crippen molar-refractivity contribution in [2.75, 3.05) is 0 Å². The largest absolute Gasteiger partial charge is 0.481 e. The van der Waals surface area contributed by atoms with Crippen LogP contribution in [-0.2, 0) is 9.59 Å². The highest BCUT2D eigenvalue weighted by Crippen LogP contribution is 2.63. The van der Waals surface area contributed by atoms with Crippen LogP contribution in [0.15, 0.2) is 0 Å². The third kappa shape index (κ3) is 0.629. The molecule has 0 saturated heterocycles. The van der Waals surface area contributed by atoms with Crippen molar-refractivity contribution in [3.05, 3.63) is 0 Å². The maximum Gasteiger partial charge on any atom is 0.310 e. The van der Waals surface area contributed by atoms with Crippen LogP contribution in [-0.4, -0.2) is 22.2 Å². The van der Waals surface area contributed by atoms with Gasteiger partial charge in [0.25, 0.3) is 0 Å². The Labute approximate surface area is 69.2 Å². The van der Waals surface area contributed by atoms with E-state index in [1.54, 1.807) is 0 Å². The molecular formula is C8H10O4. The van der Waals surface area contributed by atoms with Gasteiger partial charge < -0.3 is 10.2 Å². The summed E-state index contributed by atoms with van der Waals surface area (Å²) in [5.41, 5.74) is -0.906. The van der Waals surface area contributed by atoms with E-state index in [1.807, 2.05) is 0 Å². The van der Waals surface area contributed by atoms with Crippen LogP contribution < -0.4 is 0 Å². The van der Waals surface area contributed by atoms with E-state index in [2.05, 4.69) is 0 Å². The maximum atomic E-state index is 10.8. The summed E-state index contributed by atoms with van der Waals surface area (Å²) >= 11 is 0. The molecule has 66 valence electrons. The number of fused-ring (bicyclic) bond motifs is 1. The Morgan fingerprint density at radius 2 is 2.00 bits per heavy atom. The Morgan fingerprint density at radius 3 is 2.33 bits per heavy atom. The summed E-state index contributed by atoms with van der Waals surface area (Å²) in [6.45, 7) is 0. The lowest BCUT2D eigenvalue weighted by Gasteiger charge is -2.41. The lowest BCUT2D eigenvalue weighted by Crippen LogP contribution is -2.50. The van der Waals surface area contributed by atoms with Crippen LogP contribution in [0.4, 0.5) is 0 Å². The maximum absolute atomic E-state index is 10.8. The van der Waals surface area contributed by atoms with E-state index in [0.717, 1.165) is 6.42 Å². The highest BCUT2D eigenvalue weighted by molar-refractivity contribution is 5.86. The Morgan fingerprint density at radius 1 is 1.33 bits per heavy atom. The molecule has 0 heterocycles. The van der Waals surface area contributed by atoms with Gasteiger partial charge in [-0.3, -0.25) is 9.59 Å². The lowest BCUT2D eigenvalue weighted by atomic mass is 9.60. The number of carboxylic acid groups (broad SMARTS) is 2. The number of hydrogen-bond acceptors (Lipinski definition) is 2. The minimum atomic E-state index is -0.939. The van der Waals surface area contributed by atoms with Crippen LogP contribution in [0, 0.1) is 17.3 Å². The standard InChI is InChI=1S/C8H10O4/c9-6(10)5-4-1-2-8(5,3-4)7(11)12/h4-5H,1-3H2,(H,9,10)(H,11,12). The Hall–Kier alpha value is -1.06. The molecule has 3 aliphatic rings. The van der Waals surface area contributed by atoms with Crippen LogP contribution in [0.5, 0.6) is 0 Å². The number of carbonyl (C=O) groups is 2. The molecule has 3 atom stereocenters. The molecule has 3 fully saturated rings. The SMILES string of the molecule is O=C(O)C1C2CCC1(C(=O)O)C2. The average molecular weight is 170 g/mol. The quantitative estimate of drug-likeness (QED) is 0.635. The molecule has 0 amide bonds. The zero-order valence-corrected chi connectivity index (χ0v) is 6.49. The lowest BCUT2D eigenvalue weighted by molar-refractivity contribution is -0.173. The molecule has 0 aliphatic heterocycles. The summed E-state index contributed by atoms with van der Waals surface area (Å²) in [5, 5.41) is 17.6. The van der Waals surface area contributed by atoms with E-state index >= 15 is 0 Å². The van der Waals surface area contributed by atoms with Gasteiger partial charge in [-0.1, -0.05) is 0 Å². The number of rotatable bonds is 2. The topological polar surface area (TPSA) is 74.6 Å². The molecule has 2 N–H and O–H groups in total. The molecule has 4 heteroatoms. The summed E-state index contributed by atoms with van der Waals surface area (Å²) in [5.74, 6) is -2.36. The molecule has 0 aromatic carbocycles. The van der Waals surface area contributed by atoms with Crippen LogP contribution in [0.3, 0.4) is 0 Å². The third-order valence-corrected chi connectivity index (χ3v) is 3.35. The molecule has 3 saturated carbocycles. The predicted molar refractivity (Wildman–Crippen MR) is 38.5 cm³/mol. The Bertz CT molecular complexity index is 256. The van der Waals surface area contributed by atoms with Gasteiger partial charge in [0, 0.05) is 0 Å². The van der Waals surface area contributed by atoms with Gasteiger partial charge in [-0.25, -0.2) is 0 Å². The van der Waals surface area contributed by atoms with Crippen LogP contribution in [0.1, 0.15) is 19.3 Å².